The molecule has 1 fully saturated rings. The zero-order valence-electron chi connectivity index (χ0n) is 7.80. The Kier molecular flexibility index (Phi) is 4.33. The lowest BCUT2D eigenvalue weighted by Crippen LogP contribution is -2.37. The van der Waals surface area contributed by atoms with Gasteiger partial charge in [-0.05, 0) is 19.8 Å². The molecule has 0 N–H and O–H groups in total. The van der Waals surface area contributed by atoms with Crippen molar-refractivity contribution in [3.05, 3.63) is 0 Å². The van der Waals surface area contributed by atoms with Crippen molar-refractivity contribution in [1.82, 2.24) is 4.90 Å². The third kappa shape index (κ3) is 3.74. The van der Waals surface area contributed by atoms with Crippen molar-refractivity contribution in [2.75, 3.05) is 19.0 Å². The van der Waals surface area contributed by atoms with E-state index in [4.69, 9.17) is 23.2 Å². The lowest BCUT2D eigenvalue weighted by Gasteiger charge is -2.22. The molecule has 0 aliphatic heterocycles. The lowest BCUT2D eigenvalue weighted by atomic mass is 10.3. The Labute approximate surface area is 89.2 Å². The highest BCUT2D eigenvalue weighted by Crippen LogP contribution is 2.31. The standard InChI is InChI=1S/C9H15Cl2NO/c1-7(11)6-12(5-4-10)9(13)8-2-3-8/h7-8H,2-6H2,1H3. The van der Waals surface area contributed by atoms with E-state index in [-0.39, 0.29) is 17.2 Å². The van der Waals surface area contributed by atoms with Crippen LogP contribution in [0.5, 0.6) is 0 Å². The molecule has 1 aliphatic rings. The maximum atomic E-state index is 11.6. The van der Waals surface area contributed by atoms with Gasteiger partial charge in [0.05, 0.1) is 0 Å². The fraction of sp³-hybridized carbons (Fsp3) is 0.889. The highest BCUT2D eigenvalue weighted by molar-refractivity contribution is 6.20. The van der Waals surface area contributed by atoms with Gasteiger partial charge < -0.3 is 4.90 Å². The molecule has 1 atom stereocenters. The Hall–Kier alpha value is 0.0500. The van der Waals surface area contributed by atoms with Crippen LogP contribution in [0, 0.1) is 5.92 Å². The van der Waals surface area contributed by atoms with E-state index in [0.717, 1.165) is 12.8 Å². The van der Waals surface area contributed by atoms with Crippen molar-refractivity contribution in [2.24, 2.45) is 5.92 Å². The van der Waals surface area contributed by atoms with Crippen LogP contribution in [0.25, 0.3) is 0 Å². The third-order valence-corrected chi connectivity index (χ3v) is 2.37. The predicted octanol–water partition coefficient (Wildman–Crippen LogP) is 2.09. The van der Waals surface area contributed by atoms with Gasteiger partial charge >= 0.3 is 0 Å². The van der Waals surface area contributed by atoms with Gasteiger partial charge in [-0.25, -0.2) is 0 Å². The Morgan fingerprint density at radius 1 is 1.62 bits per heavy atom. The van der Waals surface area contributed by atoms with Gasteiger partial charge in [-0.1, -0.05) is 0 Å². The molecular weight excluding hydrogens is 209 g/mol. The first-order valence-electron chi connectivity index (χ1n) is 4.64. The summed E-state index contributed by atoms with van der Waals surface area (Å²) in [4.78, 5) is 13.4. The molecule has 0 bridgehead atoms. The second kappa shape index (κ2) is 5.06. The number of carbonyl (C=O) groups excluding carboxylic acids is 1. The molecule has 4 heteroatoms. The van der Waals surface area contributed by atoms with Crippen LogP contribution in [0.3, 0.4) is 0 Å². The van der Waals surface area contributed by atoms with Crippen LogP contribution in [0.2, 0.25) is 0 Å². The molecule has 13 heavy (non-hydrogen) atoms. The zero-order chi connectivity index (χ0) is 9.84. The topological polar surface area (TPSA) is 20.3 Å². The lowest BCUT2D eigenvalue weighted by molar-refractivity contribution is -0.132. The molecule has 1 saturated carbocycles. The summed E-state index contributed by atoms with van der Waals surface area (Å²) in [5.41, 5.74) is 0. The SMILES string of the molecule is CC(Cl)CN(CCCl)C(=O)C1CC1. The summed E-state index contributed by atoms with van der Waals surface area (Å²) < 4.78 is 0. The normalized spacial score (nSPS) is 18.4. The van der Waals surface area contributed by atoms with Crippen molar-refractivity contribution in [3.8, 4) is 0 Å². The van der Waals surface area contributed by atoms with Crippen LogP contribution >= 0.6 is 23.2 Å². The molecular formula is C9H15Cl2NO. The van der Waals surface area contributed by atoms with Gasteiger partial charge in [0.25, 0.3) is 0 Å². The molecule has 0 spiro atoms. The predicted molar refractivity (Wildman–Crippen MR) is 55.3 cm³/mol. The highest BCUT2D eigenvalue weighted by atomic mass is 35.5. The number of amides is 1. The Balaban J connectivity index is 2.39. The van der Waals surface area contributed by atoms with Gasteiger partial charge in [0.15, 0.2) is 0 Å². The number of rotatable bonds is 5. The largest absolute Gasteiger partial charge is 0.340 e. The van der Waals surface area contributed by atoms with Crippen LogP contribution in [0.15, 0.2) is 0 Å². The molecule has 0 aromatic carbocycles. The number of hydrogen-bond acceptors (Lipinski definition) is 1. The van der Waals surface area contributed by atoms with Gasteiger partial charge in [-0.2, -0.15) is 0 Å². The molecule has 0 heterocycles. The molecule has 2 nitrogen and oxygen atoms in total. The molecule has 1 aliphatic carbocycles. The first kappa shape index (κ1) is 11.1. The van der Waals surface area contributed by atoms with Crippen molar-refractivity contribution < 1.29 is 4.79 Å². The molecule has 0 aromatic rings. The van der Waals surface area contributed by atoms with Crippen LogP contribution in [-0.4, -0.2) is 35.2 Å². The first-order chi connectivity index (χ1) is 6.15. The molecule has 76 valence electrons. The van der Waals surface area contributed by atoms with Gasteiger partial charge in [0.2, 0.25) is 5.91 Å². The minimum Gasteiger partial charge on any atom is -0.340 e. The van der Waals surface area contributed by atoms with Crippen molar-refractivity contribution >= 4 is 29.1 Å². The van der Waals surface area contributed by atoms with E-state index in [1.807, 2.05) is 6.92 Å². The summed E-state index contributed by atoms with van der Waals surface area (Å²) in [5.74, 6) is 0.981. The third-order valence-electron chi connectivity index (χ3n) is 2.06. The van der Waals surface area contributed by atoms with Gasteiger partial charge in [0.1, 0.15) is 0 Å². The van der Waals surface area contributed by atoms with Crippen LogP contribution in [0.1, 0.15) is 19.8 Å². The van der Waals surface area contributed by atoms with Crippen molar-refractivity contribution in [3.63, 3.8) is 0 Å². The Morgan fingerprint density at radius 2 is 2.23 bits per heavy atom. The summed E-state index contributed by atoms with van der Waals surface area (Å²) >= 11 is 11.5. The van der Waals surface area contributed by atoms with Crippen LogP contribution in [-0.2, 0) is 4.79 Å². The number of halogens is 2. The fourth-order valence-electron chi connectivity index (χ4n) is 1.29. The highest BCUT2D eigenvalue weighted by Gasteiger charge is 2.33. The molecule has 1 unspecified atom stereocenters. The smallest absolute Gasteiger partial charge is 0.225 e. The maximum absolute atomic E-state index is 11.6. The molecule has 0 radical (unpaired) electrons. The van der Waals surface area contributed by atoms with Crippen LogP contribution < -0.4 is 0 Å². The molecule has 0 saturated heterocycles. The Morgan fingerprint density at radius 3 is 2.62 bits per heavy atom. The second-order valence-corrected chi connectivity index (χ2v) is 4.65. The number of hydrogen-bond donors (Lipinski definition) is 0. The summed E-state index contributed by atoms with van der Waals surface area (Å²) in [5, 5.41) is 0.00548. The number of nitrogens with zero attached hydrogens (tertiary/aromatic N) is 1. The van der Waals surface area contributed by atoms with E-state index in [1.54, 1.807) is 4.90 Å². The summed E-state index contributed by atoms with van der Waals surface area (Å²) in [6.07, 6.45) is 2.07. The number of alkyl halides is 2. The second-order valence-electron chi connectivity index (χ2n) is 3.53. The van der Waals surface area contributed by atoms with Gasteiger partial charge in [-0.15, -0.1) is 23.2 Å². The fourth-order valence-corrected chi connectivity index (χ4v) is 1.66. The zero-order valence-corrected chi connectivity index (χ0v) is 9.31. The monoisotopic (exact) mass is 223 g/mol. The minimum absolute atomic E-state index is 0.00548. The summed E-state index contributed by atoms with van der Waals surface area (Å²) in [7, 11) is 0. The van der Waals surface area contributed by atoms with E-state index in [9.17, 15) is 4.79 Å². The average molecular weight is 224 g/mol. The molecule has 1 amide bonds. The van der Waals surface area contributed by atoms with Crippen LogP contribution in [0.4, 0.5) is 0 Å². The van der Waals surface area contributed by atoms with E-state index >= 15 is 0 Å². The van der Waals surface area contributed by atoms with E-state index < -0.39 is 0 Å². The maximum Gasteiger partial charge on any atom is 0.225 e. The van der Waals surface area contributed by atoms with Gasteiger partial charge in [-0.3, -0.25) is 4.79 Å². The average Bonchev–Trinajstić information content (AvgIpc) is 2.84. The quantitative estimate of drug-likeness (QED) is 0.655. The minimum atomic E-state index is 0.00548. The summed E-state index contributed by atoms with van der Waals surface area (Å²) in [6, 6.07) is 0. The van der Waals surface area contributed by atoms with Crippen molar-refractivity contribution in [1.29, 1.82) is 0 Å². The number of carbonyl (C=O) groups is 1. The molecule has 1 rings (SSSR count). The van der Waals surface area contributed by atoms with E-state index in [1.165, 1.54) is 0 Å². The molecule has 0 aromatic heterocycles. The van der Waals surface area contributed by atoms with E-state index in [0.29, 0.717) is 19.0 Å². The Bertz CT molecular complexity index is 180. The first-order valence-corrected chi connectivity index (χ1v) is 5.61. The van der Waals surface area contributed by atoms with Crippen molar-refractivity contribution in [2.45, 2.75) is 25.1 Å². The van der Waals surface area contributed by atoms with Gasteiger partial charge in [0, 0.05) is 30.3 Å². The summed E-state index contributed by atoms with van der Waals surface area (Å²) in [6.45, 7) is 3.13. The van der Waals surface area contributed by atoms with E-state index in [2.05, 4.69) is 0 Å².